The molecule has 1 N–H and O–H groups in total. The van der Waals surface area contributed by atoms with E-state index in [2.05, 4.69) is 10.3 Å². The zero-order valence-electron chi connectivity index (χ0n) is 15.2. The van der Waals surface area contributed by atoms with Gasteiger partial charge in [0.2, 0.25) is 5.91 Å². The minimum absolute atomic E-state index is 0.00544. The fourth-order valence-electron chi connectivity index (χ4n) is 2.60. The van der Waals surface area contributed by atoms with E-state index in [-0.39, 0.29) is 18.1 Å². The molecule has 1 aromatic heterocycles. The first-order valence-electron chi connectivity index (χ1n) is 8.59. The lowest BCUT2D eigenvalue weighted by Crippen LogP contribution is -2.14. The molecule has 0 spiro atoms. The van der Waals surface area contributed by atoms with Crippen molar-refractivity contribution in [2.45, 2.75) is 20.3 Å². The van der Waals surface area contributed by atoms with Crippen LogP contribution in [0.25, 0.3) is 0 Å². The van der Waals surface area contributed by atoms with Gasteiger partial charge in [-0.1, -0.05) is 12.1 Å². The molecule has 136 valence electrons. The number of carbonyl (C=O) groups is 2. The molecule has 0 aliphatic rings. The summed E-state index contributed by atoms with van der Waals surface area (Å²) in [6.45, 7) is 3.44. The number of ether oxygens (including phenoxy) is 1. The number of ketones is 1. The minimum atomic E-state index is -0.136. The molecule has 5 nitrogen and oxygen atoms in total. The third-order valence-corrected chi connectivity index (χ3v) is 4.03. The molecule has 3 aromatic rings. The summed E-state index contributed by atoms with van der Waals surface area (Å²) in [6, 6.07) is 16.1. The van der Waals surface area contributed by atoms with E-state index in [1.807, 2.05) is 31.2 Å². The third-order valence-electron chi connectivity index (χ3n) is 4.03. The lowest BCUT2D eigenvalue weighted by molar-refractivity contribution is -0.115. The van der Waals surface area contributed by atoms with E-state index >= 15 is 0 Å². The quantitative estimate of drug-likeness (QED) is 0.654. The highest BCUT2D eigenvalue weighted by molar-refractivity contribution is 5.96. The van der Waals surface area contributed by atoms with Crippen LogP contribution in [0.5, 0.6) is 11.5 Å². The van der Waals surface area contributed by atoms with E-state index in [0.29, 0.717) is 17.0 Å². The van der Waals surface area contributed by atoms with Crippen molar-refractivity contribution >= 4 is 17.4 Å². The zero-order chi connectivity index (χ0) is 19.2. The largest absolute Gasteiger partial charge is 0.457 e. The van der Waals surface area contributed by atoms with Crippen molar-refractivity contribution in [2.24, 2.45) is 0 Å². The maximum atomic E-state index is 12.3. The molecule has 27 heavy (non-hydrogen) atoms. The molecule has 0 saturated heterocycles. The summed E-state index contributed by atoms with van der Waals surface area (Å²) in [4.78, 5) is 27.6. The van der Waals surface area contributed by atoms with E-state index in [1.54, 1.807) is 42.7 Å². The predicted octanol–water partition coefficient (Wildman–Crippen LogP) is 4.57. The molecule has 0 unspecified atom stereocenters. The SMILES string of the molecule is CC(=O)c1ccc(NC(=O)Cc2cccc(Oc3ccncc3C)c2)cc1. The number of anilines is 1. The fraction of sp³-hybridized carbons (Fsp3) is 0.136. The number of aryl methyl sites for hydroxylation is 1. The second kappa shape index (κ2) is 8.27. The first kappa shape index (κ1) is 18.3. The fourth-order valence-corrected chi connectivity index (χ4v) is 2.60. The Kier molecular flexibility index (Phi) is 5.61. The number of pyridine rings is 1. The Hall–Kier alpha value is -3.47. The standard InChI is InChI=1S/C22H20N2O3/c1-15-14-23-11-10-21(15)27-20-5-3-4-17(12-20)13-22(26)24-19-8-6-18(7-9-19)16(2)25/h3-12,14H,13H2,1-2H3,(H,24,26). The third kappa shape index (κ3) is 5.01. The second-order valence-electron chi connectivity index (χ2n) is 6.25. The summed E-state index contributed by atoms with van der Waals surface area (Å²) < 4.78 is 5.88. The number of benzene rings is 2. The van der Waals surface area contributed by atoms with Crippen molar-refractivity contribution in [3.63, 3.8) is 0 Å². The van der Waals surface area contributed by atoms with Crippen LogP contribution in [0.15, 0.2) is 67.0 Å². The Morgan fingerprint density at radius 1 is 1.07 bits per heavy atom. The maximum absolute atomic E-state index is 12.3. The number of aromatic nitrogens is 1. The van der Waals surface area contributed by atoms with E-state index in [1.165, 1.54) is 6.92 Å². The molecule has 0 aliphatic carbocycles. The van der Waals surface area contributed by atoms with Gasteiger partial charge in [-0.2, -0.15) is 0 Å². The Morgan fingerprint density at radius 2 is 1.85 bits per heavy atom. The zero-order valence-corrected chi connectivity index (χ0v) is 15.2. The highest BCUT2D eigenvalue weighted by Crippen LogP contribution is 2.24. The van der Waals surface area contributed by atoms with Gasteiger partial charge in [-0.25, -0.2) is 0 Å². The van der Waals surface area contributed by atoms with Gasteiger partial charge < -0.3 is 10.1 Å². The molecule has 0 fully saturated rings. The number of hydrogen-bond donors (Lipinski definition) is 1. The van der Waals surface area contributed by atoms with Crippen LogP contribution in [-0.4, -0.2) is 16.7 Å². The van der Waals surface area contributed by atoms with Gasteiger partial charge in [-0.05, 0) is 61.9 Å². The van der Waals surface area contributed by atoms with E-state index < -0.39 is 0 Å². The molecule has 1 heterocycles. The first-order chi connectivity index (χ1) is 13.0. The van der Waals surface area contributed by atoms with Crippen LogP contribution in [0.1, 0.15) is 28.4 Å². The number of Topliss-reactive ketones (excluding diaryl/α,β-unsaturated/α-hetero) is 1. The molecule has 2 aromatic carbocycles. The van der Waals surface area contributed by atoms with Gasteiger partial charge in [0.1, 0.15) is 11.5 Å². The van der Waals surface area contributed by atoms with Crippen LogP contribution in [0, 0.1) is 6.92 Å². The topological polar surface area (TPSA) is 68.3 Å². The van der Waals surface area contributed by atoms with Crippen molar-refractivity contribution in [1.82, 2.24) is 4.98 Å². The number of amides is 1. The molecular weight excluding hydrogens is 340 g/mol. The van der Waals surface area contributed by atoms with Crippen molar-refractivity contribution in [1.29, 1.82) is 0 Å². The molecule has 0 saturated carbocycles. The molecule has 5 heteroatoms. The number of rotatable bonds is 6. The Bertz CT molecular complexity index is 965. The first-order valence-corrected chi connectivity index (χ1v) is 8.59. The molecule has 0 atom stereocenters. The summed E-state index contributed by atoms with van der Waals surface area (Å²) in [6.07, 6.45) is 3.64. The molecule has 0 radical (unpaired) electrons. The van der Waals surface area contributed by atoms with E-state index in [4.69, 9.17) is 4.74 Å². The monoisotopic (exact) mass is 360 g/mol. The molecule has 1 amide bonds. The lowest BCUT2D eigenvalue weighted by atomic mass is 10.1. The average Bonchev–Trinajstić information content (AvgIpc) is 2.64. The Labute approximate surface area is 158 Å². The van der Waals surface area contributed by atoms with Crippen LogP contribution in [0.4, 0.5) is 5.69 Å². The Morgan fingerprint density at radius 3 is 2.56 bits per heavy atom. The summed E-state index contributed by atoms with van der Waals surface area (Å²) in [5.41, 5.74) is 3.06. The number of hydrogen-bond acceptors (Lipinski definition) is 4. The molecule has 0 aliphatic heterocycles. The van der Waals surface area contributed by atoms with Gasteiger partial charge in [0.25, 0.3) is 0 Å². The van der Waals surface area contributed by atoms with Crippen LogP contribution in [0.2, 0.25) is 0 Å². The smallest absolute Gasteiger partial charge is 0.228 e. The normalized spacial score (nSPS) is 10.3. The van der Waals surface area contributed by atoms with Crippen LogP contribution < -0.4 is 10.1 Å². The molecule has 3 rings (SSSR count). The van der Waals surface area contributed by atoms with Gasteiger partial charge in [-0.15, -0.1) is 0 Å². The van der Waals surface area contributed by atoms with E-state index in [0.717, 1.165) is 16.9 Å². The van der Waals surface area contributed by atoms with Crippen molar-refractivity contribution < 1.29 is 14.3 Å². The summed E-state index contributed by atoms with van der Waals surface area (Å²) in [5, 5.41) is 2.84. The van der Waals surface area contributed by atoms with E-state index in [9.17, 15) is 9.59 Å². The highest BCUT2D eigenvalue weighted by Gasteiger charge is 2.07. The second-order valence-corrected chi connectivity index (χ2v) is 6.25. The van der Waals surface area contributed by atoms with Gasteiger partial charge in [0, 0.05) is 29.2 Å². The number of carbonyl (C=O) groups excluding carboxylic acids is 2. The highest BCUT2D eigenvalue weighted by atomic mass is 16.5. The van der Waals surface area contributed by atoms with Gasteiger partial charge in [0.05, 0.1) is 6.42 Å². The van der Waals surface area contributed by atoms with Crippen LogP contribution in [0.3, 0.4) is 0 Å². The summed E-state index contributed by atoms with van der Waals surface area (Å²) in [5.74, 6) is 1.26. The molecule has 0 bridgehead atoms. The summed E-state index contributed by atoms with van der Waals surface area (Å²) in [7, 11) is 0. The molecular formula is C22H20N2O3. The van der Waals surface area contributed by atoms with Crippen molar-refractivity contribution in [3.05, 3.63) is 83.7 Å². The van der Waals surface area contributed by atoms with Gasteiger partial charge in [-0.3, -0.25) is 14.6 Å². The Balaban J connectivity index is 1.64. The average molecular weight is 360 g/mol. The predicted molar refractivity (Wildman–Crippen MR) is 104 cm³/mol. The van der Waals surface area contributed by atoms with Crippen LogP contribution >= 0.6 is 0 Å². The van der Waals surface area contributed by atoms with Gasteiger partial charge >= 0.3 is 0 Å². The minimum Gasteiger partial charge on any atom is -0.457 e. The number of nitrogens with zero attached hydrogens (tertiary/aromatic N) is 1. The van der Waals surface area contributed by atoms with Crippen molar-refractivity contribution in [2.75, 3.05) is 5.32 Å². The van der Waals surface area contributed by atoms with Crippen molar-refractivity contribution in [3.8, 4) is 11.5 Å². The maximum Gasteiger partial charge on any atom is 0.228 e. The van der Waals surface area contributed by atoms with Gasteiger partial charge in [0.15, 0.2) is 5.78 Å². The number of nitrogens with one attached hydrogen (secondary N) is 1. The van der Waals surface area contributed by atoms with Crippen LogP contribution in [-0.2, 0) is 11.2 Å². The lowest BCUT2D eigenvalue weighted by Gasteiger charge is -2.10. The summed E-state index contributed by atoms with van der Waals surface area (Å²) >= 11 is 0.